The molecule has 0 spiro atoms. The van der Waals surface area contributed by atoms with E-state index in [4.69, 9.17) is 5.11 Å². The molecule has 2 heterocycles. The molecule has 0 aromatic carbocycles. The van der Waals surface area contributed by atoms with Crippen molar-refractivity contribution in [3.63, 3.8) is 0 Å². The minimum Gasteiger partial charge on any atom is -0.481 e. The molecule has 2 aromatic heterocycles. The van der Waals surface area contributed by atoms with Crippen LogP contribution in [0.1, 0.15) is 11.4 Å². The first kappa shape index (κ1) is 11.4. The molecule has 0 fully saturated rings. The summed E-state index contributed by atoms with van der Waals surface area (Å²) < 4.78 is 38.3. The third-order valence-electron chi connectivity index (χ3n) is 2.11. The van der Waals surface area contributed by atoms with E-state index >= 15 is 0 Å². The average Bonchev–Trinajstić information content (AvgIpc) is 2.60. The van der Waals surface area contributed by atoms with Crippen LogP contribution in [0, 0.1) is 0 Å². The van der Waals surface area contributed by atoms with Gasteiger partial charge in [0.1, 0.15) is 0 Å². The van der Waals surface area contributed by atoms with E-state index in [9.17, 15) is 18.0 Å². The van der Waals surface area contributed by atoms with Crippen molar-refractivity contribution in [2.24, 2.45) is 0 Å². The first-order valence-electron chi connectivity index (χ1n) is 4.51. The van der Waals surface area contributed by atoms with Crippen LogP contribution in [0.15, 0.2) is 18.3 Å². The first-order chi connectivity index (χ1) is 7.89. The van der Waals surface area contributed by atoms with Crippen molar-refractivity contribution in [3.8, 4) is 0 Å². The summed E-state index contributed by atoms with van der Waals surface area (Å²) in [6, 6.07) is 2.72. The van der Waals surface area contributed by atoms with E-state index < -0.39 is 24.4 Å². The van der Waals surface area contributed by atoms with E-state index in [1.165, 1.54) is 12.1 Å². The Labute approximate surface area is 92.5 Å². The fraction of sp³-hybridized carbons (Fsp3) is 0.222. The van der Waals surface area contributed by atoms with Crippen LogP contribution < -0.4 is 0 Å². The number of hydrogen-bond acceptors (Lipinski definition) is 3. The molecule has 8 heteroatoms. The Morgan fingerprint density at radius 2 is 2.12 bits per heavy atom. The van der Waals surface area contributed by atoms with Gasteiger partial charge in [-0.1, -0.05) is 6.07 Å². The van der Waals surface area contributed by atoms with E-state index in [1.54, 1.807) is 0 Å². The highest BCUT2D eigenvalue weighted by Gasteiger charge is 2.37. The Bertz CT molecular complexity index is 576. The number of carboxylic acids is 1. The zero-order chi connectivity index (χ0) is 12.6. The van der Waals surface area contributed by atoms with E-state index in [1.807, 2.05) is 0 Å². The Kier molecular flexibility index (Phi) is 2.49. The Morgan fingerprint density at radius 1 is 1.41 bits per heavy atom. The third kappa shape index (κ3) is 2.05. The van der Waals surface area contributed by atoms with Gasteiger partial charge in [-0.25, -0.2) is 0 Å². The van der Waals surface area contributed by atoms with Crippen molar-refractivity contribution >= 4 is 11.6 Å². The summed E-state index contributed by atoms with van der Waals surface area (Å²) >= 11 is 0. The maximum atomic E-state index is 12.5. The van der Waals surface area contributed by atoms with Gasteiger partial charge in [0, 0.05) is 11.8 Å². The molecular weight excluding hydrogens is 239 g/mol. The topological polar surface area (TPSA) is 67.5 Å². The lowest BCUT2D eigenvalue weighted by Gasteiger charge is -2.04. The summed E-state index contributed by atoms with van der Waals surface area (Å²) in [4.78, 5) is 10.5. The molecule has 0 aliphatic heterocycles. The van der Waals surface area contributed by atoms with Gasteiger partial charge >= 0.3 is 12.1 Å². The number of fused-ring (bicyclic) bond motifs is 1. The molecule has 0 atom stereocenters. The zero-order valence-corrected chi connectivity index (χ0v) is 8.27. The maximum absolute atomic E-state index is 12.5. The largest absolute Gasteiger partial charge is 0.481 e. The predicted molar refractivity (Wildman–Crippen MR) is 49.3 cm³/mol. The van der Waals surface area contributed by atoms with Crippen LogP contribution in [0.3, 0.4) is 0 Å². The second kappa shape index (κ2) is 3.72. The van der Waals surface area contributed by atoms with Crippen molar-refractivity contribution in [1.29, 1.82) is 0 Å². The third-order valence-corrected chi connectivity index (χ3v) is 2.11. The van der Waals surface area contributed by atoms with Crippen molar-refractivity contribution in [2.75, 3.05) is 0 Å². The fourth-order valence-electron chi connectivity index (χ4n) is 1.47. The number of nitrogens with zero attached hydrogens (tertiary/aromatic N) is 3. The first-order valence-corrected chi connectivity index (χ1v) is 4.51. The number of aliphatic carboxylic acids is 1. The molecule has 2 aromatic rings. The molecule has 0 radical (unpaired) electrons. The summed E-state index contributed by atoms with van der Waals surface area (Å²) in [6.07, 6.45) is -3.88. The second-order valence-electron chi connectivity index (χ2n) is 3.32. The highest BCUT2D eigenvalue weighted by Crippen LogP contribution is 2.28. The molecule has 0 unspecified atom stereocenters. The Morgan fingerprint density at radius 3 is 2.71 bits per heavy atom. The lowest BCUT2D eigenvalue weighted by Crippen LogP contribution is -2.11. The molecule has 0 saturated carbocycles. The molecule has 0 amide bonds. The standard InChI is InChI=1S/C9H6F3N3O2/c10-9(11,12)8-14-13-7-5(4-6(16)17)2-1-3-15(7)8/h1-3H,4H2,(H,16,17). The van der Waals surface area contributed by atoms with E-state index in [-0.39, 0.29) is 11.2 Å². The summed E-state index contributed by atoms with van der Waals surface area (Å²) in [6.45, 7) is 0. The van der Waals surface area contributed by atoms with Gasteiger partial charge in [-0.3, -0.25) is 9.20 Å². The van der Waals surface area contributed by atoms with Crippen molar-refractivity contribution < 1.29 is 23.1 Å². The van der Waals surface area contributed by atoms with Gasteiger partial charge in [0.05, 0.1) is 6.42 Å². The molecule has 1 N–H and O–H groups in total. The van der Waals surface area contributed by atoms with E-state index in [0.717, 1.165) is 10.6 Å². The summed E-state index contributed by atoms with van der Waals surface area (Å²) in [7, 11) is 0. The molecule has 0 aliphatic carbocycles. The molecule has 0 saturated heterocycles. The van der Waals surface area contributed by atoms with Crippen LogP contribution in [0.2, 0.25) is 0 Å². The molecule has 0 bridgehead atoms. The van der Waals surface area contributed by atoms with Crippen LogP contribution in [0.4, 0.5) is 13.2 Å². The van der Waals surface area contributed by atoms with Crippen molar-refractivity contribution in [2.45, 2.75) is 12.6 Å². The normalized spacial score (nSPS) is 11.9. The van der Waals surface area contributed by atoms with Gasteiger partial charge in [0.15, 0.2) is 5.65 Å². The van der Waals surface area contributed by atoms with Crippen LogP contribution in [0.5, 0.6) is 0 Å². The zero-order valence-electron chi connectivity index (χ0n) is 8.27. The smallest absolute Gasteiger partial charge is 0.452 e. The number of carbonyl (C=O) groups is 1. The van der Waals surface area contributed by atoms with Gasteiger partial charge in [0.2, 0.25) is 5.82 Å². The van der Waals surface area contributed by atoms with Crippen molar-refractivity contribution in [3.05, 3.63) is 29.7 Å². The minimum absolute atomic E-state index is 0.0952. The number of pyridine rings is 1. The van der Waals surface area contributed by atoms with E-state index in [0.29, 0.717) is 0 Å². The van der Waals surface area contributed by atoms with Crippen LogP contribution in [-0.2, 0) is 17.4 Å². The van der Waals surface area contributed by atoms with Gasteiger partial charge in [-0.2, -0.15) is 13.2 Å². The molecule has 2 rings (SSSR count). The number of carboxylic acid groups (broad SMARTS) is 1. The fourth-order valence-corrected chi connectivity index (χ4v) is 1.47. The number of rotatable bonds is 2. The summed E-state index contributed by atoms with van der Waals surface area (Å²) in [5.41, 5.74) is 0.0882. The lowest BCUT2D eigenvalue weighted by atomic mass is 10.2. The minimum atomic E-state index is -4.62. The number of alkyl halides is 3. The summed E-state index contributed by atoms with van der Waals surface area (Å²) in [5, 5.41) is 15.0. The SMILES string of the molecule is O=C(O)Cc1cccn2c(C(F)(F)F)nnc12. The predicted octanol–water partition coefficient (Wildman–Crippen LogP) is 1.38. The van der Waals surface area contributed by atoms with Crippen molar-refractivity contribution in [1.82, 2.24) is 14.6 Å². The van der Waals surface area contributed by atoms with Crippen LogP contribution in [-0.4, -0.2) is 25.7 Å². The van der Waals surface area contributed by atoms with Crippen LogP contribution >= 0.6 is 0 Å². The molecule has 17 heavy (non-hydrogen) atoms. The highest BCUT2D eigenvalue weighted by molar-refractivity contribution is 5.73. The molecular formula is C9H6F3N3O2. The van der Waals surface area contributed by atoms with Crippen LogP contribution in [0.25, 0.3) is 5.65 Å². The van der Waals surface area contributed by atoms with Gasteiger partial charge in [-0.15, -0.1) is 10.2 Å². The average molecular weight is 245 g/mol. The number of hydrogen-bond donors (Lipinski definition) is 1. The summed E-state index contributed by atoms with van der Waals surface area (Å²) in [5.74, 6) is -2.31. The Balaban J connectivity index is 2.61. The lowest BCUT2D eigenvalue weighted by molar-refractivity contribution is -0.145. The van der Waals surface area contributed by atoms with Gasteiger partial charge < -0.3 is 5.11 Å². The van der Waals surface area contributed by atoms with E-state index in [2.05, 4.69) is 10.2 Å². The number of halogens is 3. The molecule has 0 aliphatic rings. The monoisotopic (exact) mass is 245 g/mol. The molecule has 90 valence electrons. The number of aromatic nitrogens is 3. The maximum Gasteiger partial charge on any atom is 0.452 e. The van der Waals surface area contributed by atoms with Gasteiger partial charge in [-0.05, 0) is 6.07 Å². The Hall–Kier alpha value is -2.12. The molecule has 5 nitrogen and oxygen atoms in total. The quantitative estimate of drug-likeness (QED) is 0.867. The second-order valence-corrected chi connectivity index (χ2v) is 3.32. The highest BCUT2D eigenvalue weighted by atomic mass is 19.4. The van der Waals surface area contributed by atoms with Gasteiger partial charge in [0.25, 0.3) is 0 Å².